The van der Waals surface area contributed by atoms with Crippen LogP contribution in [0.3, 0.4) is 0 Å². The standard InChI is InChI=1S/C24H25N3O2/c28-23(11-10-18-6-2-1-3-7-18)27-14-12-19(13-15-27)24(29)26-21-16-20-8-4-5-9-22(20)25-17-21/h1-9,16-17,19H,10-15H2,(H,26,29). The van der Waals surface area contributed by atoms with Crippen LogP contribution in [0.2, 0.25) is 0 Å². The summed E-state index contributed by atoms with van der Waals surface area (Å²) < 4.78 is 0. The van der Waals surface area contributed by atoms with E-state index in [0.29, 0.717) is 32.4 Å². The van der Waals surface area contributed by atoms with Crippen LogP contribution in [-0.2, 0) is 16.0 Å². The number of benzene rings is 2. The number of aromatic nitrogens is 1. The molecule has 29 heavy (non-hydrogen) atoms. The van der Waals surface area contributed by atoms with Crippen molar-refractivity contribution in [3.63, 3.8) is 0 Å². The summed E-state index contributed by atoms with van der Waals surface area (Å²) in [6.07, 6.45) is 4.37. The van der Waals surface area contributed by atoms with Gasteiger partial charge in [-0.05, 0) is 37.0 Å². The van der Waals surface area contributed by atoms with E-state index in [1.807, 2.05) is 65.6 Å². The summed E-state index contributed by atoms with van der Waals surface area (Å²) in [6.45, 7) is 1.28. The zero-order valence-corrected chi connectivity index (χ0v) is 16.4. The first-order valence-corrected chi connectivity index (χ1v) is 10.2. The molecule has 2 amide bonds. The van der Waals surface area contributed by atoms with Crippen molar-refractivity contribution in [1.82, 2.24) is 9.88 Å². The third kappa shape index (κ3) is 4.80. The summed E-state index contributed by atoms with van der Waals surface area (Å²) in [4.78, 5) is 31.4. The highest BCUT2D eigenvalue weighted by Gasteiger charge is 2.27. The molecule has 5 heteroatoms. The number of anilines is 1. The highest BCUT2D eigenvalue weighted by Crippen LogP contribution is 2.22. The number of aryl methyl sites for hydroxylation is 1. The predicted octanol–water partition coefficient (Wildman–Crippen LogP) is 4.04. The molecule has 3 aromatic rings. The summed E-state index contributed by atoms with van der Waals surface area (Å²) in [5.74, 6) is 0.115. The van der Waals surface area contributed by atoms with Gasteiger partial charge in [0.1, 0.15) is 0 Å². The molecule has 1 aliphatic heterocycles. The van der Waals surface area contributed by atoms with Gasteiger partial charge in [-0.25, -0.2) is 0 Å². The maximum absolute atomic E-state index is 12.6. The van der Waals surface area contributed by atoms with E-state index < -0.39 is 0 Å². The van der Waals surface area contributed by atoms with Crippen LogP contribution >= 0.6 is 0 Å². The number of hydrogen-bond acceptors (Lipinski definition) is 3. The van der Waals surface area contributed by atoms with Crippen LogP contribution in [0.4, 0.5) is 5.69 Å². The fourth-order valence-corrected chi connectivity index (χ4v) is 3.83. The van der Waals surface area contributed by atoms with Gasteiger partial charge in [-0.15, -0.1) is 0 Å². The van der Waals surface area contributed by atoms with E-state index >= 15 is 0 Å². The first-order chi connectivity index (χ1) is 14.2. The molecule has 0 saturated carbocycles. The third-order valence-corrected chi connectivity index (χ3v) is 5.55. The number of amides is 2. The number of carbonyl (C=O) groups is 2. The molecule has 1 aromatic heterocycles. The highest BCUT2D eigenvalue weighted by molar-refractivity contribution is 5.94. The fourth-order valence-electron chi connectivity index (χ4n) is 3.83. The molecule has 1 aliphatic rings. The molecule has 2 heterocycles. The van der Waals surface area contributed by atoms with E-state index in [9.17, 15) is 9.59 Å². The minimum absolute atomic E-state index is 0.0125. The highest BCUT2D eigenvalue weighted by atomic mass is 16.2. The number of nitrogens with zero attached hydrogens (tertiary/aromatic N) is 2. The van der Waals surface area contributed by atoms with Crippen molar-refractivity contribution in [3.8, 4) is 0 Å². The molecule has 0 spiro atoms. The Morgan fingerprint density at radius 1 is 1.00 bits per heavy atom. The van der Waals surface area contributed by atoms with Gasteiger partial charge in [-0.2, -0.15) is 0 Å². The zero-order chi connectivity index (χ0) is 20.1. The molecule has 0 unspecified atom stereocenters. The van der Waals surface area contributed by atoms with E-state index in [4.69, 9.17) is 0 Å². The second-order valence-electron chi connectivity index (χ2n) is 7.55. The molecular weight excluding hydrogens is 362 g/mol. The van der Waals surface area contributed by atoms with Gasteiger partial charge in [-0.1, -0.05) is 48.5 Å². The number of nitrogens with one attached hydrogen (secondary N) is 1. The van der Waals surface area contributed by atoms with Crippen molar-refractivity contribution >= 4 is 28.4 Å². The second-order valence-corrected chi connectivity index (χ2v) is 7.55. The lowest BCUT2D eigenvalue weighted by Crippen LogP contribution is -2.41. The molecule has 0 aliphatic carbocycles. The van der Waals surface area contributed by atoms with Crippen molar-refractivity contribution in [2.75, 3.05) is 18.4 Å². The van der Waals surface area contributed by atoms with Crippen LogP contribution in [0.15, 0.2) is 66.9 Å². The summed E-state index contributed by atoms with van der Waals surface area (Å²) in [7, 11) is 0. The van der Waals surface area contributed by atoms with Gasteiger partial charge in [0.05, 0.1) is 17.4 Å². The van der Waals surface area contributed by atoms with Crippen LogP contribution in [0, 0.1) is 5.92 Å². The van der Waals surface area contributed by atoms with Gasteiger partial charge in [0.15, 0.2) is 0 Å². The Bertz CT molecular complexity index is 995. The molecule has 0 bridgehead atoms. The van der Waals surface area contributed by atoms with Crippen LogP contribution in [0.5, 0.6) is 0 Å². The maximum Gasteiger partial charge on any atom is 0.227 e. The molecule has 148 valence electrons. The van der Waals surface area contributed by atoms with Gasteiger partial charge in [0.2, 0.25) is 11.8 Å². The molecule has 1 N–H and O–H groups in total. The molecule has 2 aromatic carbocycles. The Balaban J connectivity index is 1.27. The minimum atomic E-state index is -0.0698. The number of piperidine rings is 1. The van der Waals surface area contributed by atoms with Gasteiger partial charge in [0.25, 0.3) is 0 Å². The van der Waals surface area contributed by atoms with E-state index in [0.717, 1.165) is 23.0 Å². The van der Waals surface area contributed by atoms with E-state index in [1.165, 1.54) is 5.56 Å². The number of carbonyl (C=O) groups excluding carboxylic acids is 2. The summed E-state index contributed by atoms with van der Waals surface area (Å²) in [5.41, 5.74) is 2.81. The van der Waals surface area contributed by atoms with Crippen molar-refractivity contribution in [3.05, 3.63) is 72.4 Å². The number of rotatable bonds is 5. The zero-order valence-electron chi connectivity index (χ0n) is 16.4. The number of pyridine rings is 1. The topological polar surface area (TPSA) is 62.3 Å². The molecule has 1 fully saturated rings. The van der Waals surface area contributed by atoms with Gasteiger partial charge in [-0.3, -0.25) is 14.6 Å². The first kappa shape index (κ1) is 19.1. The molecule has 0 atom stereocenters. The van der Waals surface area contributed by atoms with E-state index in [1.54, 1.807) is 6.20 Å². The van der Waals surface area contributed by atoms with Crippen LogP contribution in [0.25, 0.3) is 10.9 Å². The summed E-state index contributed by atoms with van der Waals surface area (Å²) >= 11 is 0. The third-order valence-electron chi connectivity index (χ3n) is 5.55. The average Bonchev–Trinajstić information content (AvgIpc) is 2.78. The number of hydrogen-bond donors (Lipinski definition) is 1. The quantitative estimate of drug-likeness (QED) is 0.719. The van der Waals surface area contributed by atoms with Crippen LogP contribution in [-0.4, -0.2) is 34.8 Å². The van der Waals surface area contributed by atoms with E-state index in [-0.39, 0.29) is 17.7 Å². The largest absolute Gasteiger partial charge is 0.343 e. The Labute approximate surface area is 170 Å². The van der Waals surface area contributed by atoms with Crippen molar-refractivity contribution in [1.29, 1.82) is 0 Å². The normalized spacial score (nSPS) is 14.7. The SMILES string of the molecule is O=C(Nc1cnc2ccccc2c1)C1CCN(C(=O)CCc2ccccc2)CC1. The molecule has 4 rings (SSSR count). The summed E-state index contributed by atoms with van der Waals surface area (Å²) in [6, 6.07) is 19.9. The smallest absolute Gasteiger partial charge is 0.227 e. The van der Waals surface area contributed by atoms with E-state index in [2.05, 4.69) is 10.3 Å². The maximum atomic E-state index is 12.6. The Morgan fingerprint density at radius 3 is 2.52 bits per heavy atom. The number of para-hydroxylation sites is 1. The number of likely N-dealkylation sites (tertiary alicyclic amines) is 1. The van der Waals surface area contributed by atoms with Gasteiger partial charge in [0, 0.05) is 30.8 Å². The first-order valence-electron chi connectivity index (χ1n) is 10.2. The van der Waals surface area contributed by atoms with Crippen molar-refractivity contribution in [2.24, 2.45) is 5.92 Å². The average molecular weight is 387 g/mol. The Hall–Kier alpha value is -3.21. The Kier molecular flexibility index (Phi) is 5.84. The molecule has 1 saturated heterocycles. The lowest BCUT2D eigenvalue weighted by molar-refractivity contribution is -0.134. The molecule has 0 radical (unpaired) electrons. The van der Waals surface area contributed by atoms with Gasteiger partial charge < -0.3 is 10.2 Å². The predicted molar refractivity (Wildman–Crippen MR) is 114 cm³/mol. The minimum Gasteiger partial charge on any atom is -0.343 e. The lowest BCUT2D eigenvalue weighted by atomic mass is 9.95. The molecular formula is C24H25N3O2. The monoisotopic (exact) mass is 387 g/mol. The van der Waals surface area contributed by atoms with Crippen molar-refractivity contribution < 1.29 is 9.59 Å². The number of fused-ring (bicyclic) bond motifs is 1. The second kappa shape index (κ2) is 8.86. The van der Waals surface area contributed by atoms with Gasteiger partial charge >= 0.3 is 0 Å². The van der Waals surface area contributed by atoms with Crippen LogP contribution < -0.4 is 5.32 Å². The van der Waals surface area contributed by atoms with Crippen LogP contribution in [0.1, 0.15) is 24.8 Å². The lowest BCUT2D eigenvalue weighted by Gasteiger charge is -2.31. The Morgan fingerprint density at radius 2 is 1.72 bits per heavy atom. The van der Waals surface area contributed by atoms with Crippen molar-refractivity contribution in [2.45, 2.75) is 25.7 Å². The fraction of sp³-hybridized carbons (Fsp3) is 0.292. The summed E-state index contributed by atoms with van der Waals surface area (Å²) in [5, 5.41) is 3.99. The molecule has 5 nitrogen and oxygen atoms in total.